The van der Waals surface area contributed by atoms with Crippen molar-refractivity contribution >= 4 is 11.6 Å². The zero-order valence-electron chi connectivity index (χ0n) is 16.2. The van der Waals surface area contributed by atoms with Gasteiger partial charge in [-0.25, -0.2) is 0 Å². The maximum Gasteiger partial charge on any atom is 0.253 e. The first-order chi connectivity index (χ1) is 13.6. The summed E-state index contributed by atoms with van der Waals surface area (Å²) in [6.07, 6.45) is 0. The van der Waals surface area contributed by atoms with Crippen LogP contribution in [0.15, 0.2) is 54.6 Å². The van der Waals surface area contributed by atoms with Crippen LogP contribution in [0.1, 0.15) is 21.7 Å². The van der Waals surface area contributed by atoms with E-state index in [2.05, 4.69) is 15.1 Å². The van der Waals surface area contributed by atoms with Crippen molar-refractivity contribution in [2.24, 2.45) is 0 Å². The molecule has 2 aromatic carbocycles. The maximum atomic E-state index is 12.8. The number of rotatable bonds is 4. The number of para-hydroxylation sites is 1. The van der Waals surface area contributed by atoms with Crippen molar-refractivity contribution in [1.82, 2.24) is 15.1 Å². The molecule has 0 radical (unpaired) electrons. The van der Waals surface area contributed by atoms with Crippen LogP contribution in [0, 0.1) is 13.8 Å². The number of nitrogens with one attached hydrogen (secondary N) is 1. The van der Waals surface area contributed by atoms with Gasteiger partial charge in [-0.1, -0.05) is 18.2 Å². The number of aromatic nitrogens is 2. The van der Waals surface area contributed by atoms with E-state index in [4.69, 9.17) is 4.74 Å². The van der Waals surface area contributed by atoms with Crippen LogP contribution < -0.4 is 9.64 Å². The molecular weight excluding hydrogens is 352 g/mol. The molecule has 3 aromatic rings. The first kappa shape index (κ1) is 18.1. The zero-order chi connectivity index (χ0) is 19.5. The third kappa shape index (κ3) is 3.71. The fraction of sp³-hybridized carbons (Fsp3) is 0.273. The molecule has 1 amide bonds. The fourth-order valence-electron chi connectivity index (χ4n) is 3.62. The molecule has 28 heavy (non-hydrogen) atoms. The van der Waals surface area contributed by atoms with Crippen LogP contribution in [-0.2, 0) is 0 Å². The summed E-state index contributed by atoms with van der Waals surface area (Å²) in [6, 6.07) is 17.0. The van der Waals surface area contributed by atoms with Crippen LogP contribution in [0.3, 0.4) is 0 Å². The molecule has 0 unspecified atom stereocenters. The first-order valence-corrected chi connectivity index (χ1v) is 9.50. The highest BCUT2D eigenvalue weighted by Crippen LogP contribution is 2.25. The van der Waals surface area contributed by atoms with E-state index in [1.54, 1.807) is 0 Å². The molecule has 0 saturated carbocycles. The normalized spacial score (nSPS) is 14.2. The lowest BCUT2D eigenvalue weighted by Crippen LogP contribution is -2.49. The number of carbonyl (C=O) groups excluding carboxylic acids is 1. The van der Waals surface area contributed by atoms with Crippen LogP contribution in [0.5, 0.6) is 11.5 Å². The number of H-pyrrole nitrogens is 1. The van der Waals surface area contributed by atoms with Crippen LogP contribution in [0.4, 0.5) is 5.69 Å². The van der Waals surface area contributed by atoms with Crippen molar-refractivity contribution in [3.8, 4) is 11.5 Å². The third-order valence-corrected chi connectivity index (χ3v) is 5.05. The van der Waals surface area contributed by atoms with Gasteiger partial charge in [0.2, 0.25) is 0 Å². The first-order valence-electron chi connectivity index (χ1n) is 9.50. The molecule has 4 rings (SSSR count). The summed E-state index contributed by atoms with van der Waals surface area (Å²) in [7, 11) is 0. The number of piperazine rings is 1. The van der Waals surface area contributed by atoms with Crippen molar-refractivity contribution < 1.29 is 9.53 Å². The van der Waals surface area contributed by atoms with Crippen molar-refractivity contribution in [2.75, 3.05) is 31.1 Å². The largest absolute Gasteiger partial charge is 0.457 e. The minimum atomic E-state index is 0.0616. The molecule has 1 aliphatic rings. The smallest absolute Gasteiger partial charge is 0.253 e. The number of amides is 1. The second-order valence-electron chi connectivity index (χ2n) is 7.00. The quantitative estimate of drug-likeness (QED) is 0.753. The van der Waals surface area contributed by atoms with Gasteiger partial charge in [0, 0.05) is 31.7 Å². The van der Waals surface area contributed by atoms with Gasteiger partial charge in [0.15, 0.2) is 0 Å². The Bertz CT molecular complexity index is 923. The molecule has 6 heteroatoms. The molecule has 1 N–H and O–H groups in total. The molecular formula is C22H24N4O2. The molecule has 1 aromatic heterocycles. The Kier molecular flexibility index (Phi) is 5.02. The standard InChI is InChI=1S/C22H24N4O2/c1-16-21(17(2)24-23-16)25-12-14-26(15-13-25)22(27)18-8-10-20(11-9-18)28-19-6-4-3-5-7-19/h3-11H,12-15H2,1-2H3,(H,23,24). The second kappa shape index (κ2) is 7.76. The van der Waals surface area contributed by atoms with Crippen molar-refractivity contribution in [3.05, 3.63) is 71.5 Å². The van der Waals surface area contributed by atoms with E-state index >= 15 is 0 Å². The van der Waals surface area contributed by atoms with Crippen molar-refractivity contribution in [2.45, 2.75) is 13.8 Å². The van der Waals surface area contributed by atoms with Gasteiger partial charge in [0.25, 0.3) is 5.91 Å². The average Bonchev–Trinajstić information content (AvgIpc) is 3.07. The summed E-state index contributed by atoms with van der Waals surface area (Å²) in [4.78, 5) is 17.1. The van der Waals surface area contributed by atoms with Crippen LogP contribution in [0.25, 0.3) is 0 Å². The molecule has 1 fully saturated rings. The lowest BCUT2D eigenvalue weighted by Gasteiger charge is -2.36. The van der Waals surface area contributed by atoms with Gasteiger partial charge in [-0.15, -0.1) is 0 Å². The number of nitrogens with zero attached hydrogens (tertiary/aromatic N) is 3. The SMILES string of the molecule is Cc1n[nH]c(C)c1N1CCN(C(=O)c2ccc(Oc3ccccc3)cc2)CC1. The molecule has 2 heterocycles. The van der Waals surface area contributed by atoms with Crippen molar-refractivity contribution in [1.29, 1.82) is 0 Å². The molecule has 1 aliphatic heterocycles. The Labute approximate surface area is 164 Å². The van der Waals surface area contributed by atoms with E-state index in [0.29, 0.717) is 18.7 Å². The van der Waals surface area contributed by atoms with E-state index in [1.807, 2.05) is 73.3 Å². The molecule has 0 aliphatic carbocycles. The highest BCUT2D eigenvalue weighted by Gasteiger charge is 2.24. The van der Waals surface area contributed by atoms with E-state index < -0.39 is 0 Å². The van der Waals surface area contributed by atoms with E-state index in [9.17, 15) is 4.79 Å². The number of hydrogen-bond donors (Lipinski definition) is 1. The number of aromatic amines is 1. The lowest BCUT2D eigenvalue weighted by molar-refractivity contribution is 0.0747. The number of carbonyl (C=O) groups is 1. The van der Waals surface area contributed by atoms with E-state index in [-0.39, 0.29) is 5.91 Å². The van der Waals surface area contributed by atoms with Gasteiger partial charge in [-0.3, -0.25) is 9.89 Å². The van der Waals surface area contributed by atoms with Gasteiger partial charge in [-0.2, -0.15) is 5.10 Å². The second-order valence-corrected chi connectivity index (χ2v) is 7.00. The summed E-state index contributed by atoms with van der Waals surface area (Å²) in [5.74, 6) is 1.56. The summed E-state index contributed by atoms with van der Waals surface area (Å²) in [5.41, 5.74) is 3.93. The molecule has 6 nitrogen and oxygen atoms in total. The highest BCUT2D eigenvalue weighted by molar-refractivity contribution is 5.94. The molecule has 0 spiro atoms. The average molecular weight is 376 g/mol. The highest BCUT2D eigenvalue weighted by atomic mass is 16.5. The molecule has 144 valence electrons. The minimum Gasteiger partial charge on any atom is -0.457 e. The van der Waals surface area contributed by atoms with Gasteiger partial charge in [-0.05, 0) is 50.2 Å². The van der Waals surface area contributed by atoms with Crippen LogP contribution >= 0.6 is 0 Å². The van der Waals surface area contributed by atoms with E-state index in [1.165, 1.54) is 0 Å². The predicted octanol–water partition coefficient (Wildman–Crippen LogP) is 3.78. The number of ether oxygens (including phenoxy) is 1. The Morgan fingerprint density at radius 3 is 2.18 bits per heavy atom. The lowest BCUT2D eigenvalue weighted by atomic mass is 10.1. The molecule has 0 bridgehead atoms. The summed E-state index contributed by atoms with van der Waals surface area (Å²) in [6.45, 7) is 7.06. The molecule has 0 atom stereocenters. The Balaban J connectivity index is 1.37. The minimum absolute atomic E-state index is 0.0616. The predicted molar refractivity (Wildman–Crippen MR) is 109 cm³/mol. The maximum absolute atomic E-state index is 12.8. The van der Waals surface area contributed by atoms with Crippen LogP contribution in [-0.4, -0.2) is 47.2 Å². The topological polar surface area (TPSA) is 61.5 Å². The Morgan fingerprint density at radius 2 is 1.57 bits per heavy atom. The summed E-state index contributed by atoms with van der Waals surface area (Å²) < 4.78 is 5.80. The Morgan fingerprint density at radius 1 is 0.929 bits per heavy atom. The van der Waals surface area contributed by atoms with Gasteiger partial charge >= 0.3 is 0 Å². The molecule has 1 saturated heterocycles. The van der Waals surface area contributed by atoms with Crippen LogP contribution in [0.2, 0.25) is 0 Å². The number of hydrogen-bond acceptors (Lipinski definition) is 4. The van der Waals surface area contributed by atoms with Gasteiger partial charge < -0.3 is 14.5 Å². The van der Waals surface area contributed by atoms with Gasteiger partial charge in [0.05, 0.1) is 17.1 Å². The number of benzene rings is 2. The fourth-order valence-corrected chi connectivity index (χ4v) is 3.62. The summed E-state index contributed by atoms with van der Waals surface area (Å²) >= 11 is 0. The zero-order valence-corrected chi connectivity index (χ0v) is 16.2. The van der Waals surface area contributed by atoms with Crippen molar-refractivity contribution in [3.63, 3.8) is 0 Å². The van der Waals surface area contributed by atoms with E-state index in [0.717, 1.165) is 41.7 Å². The van der Waals surface area contributed by atoms with Gasteiger partial charge in [0.1, 0.15) is 11.5 Å². The Hall–Kier alpha value is -3.28. The monoisotopic (exact) mass is 376 g/mol. The third-order valence-electron chi connectivity index (χ3n) is 5.05. The summed E-state index contributed by atoms with van der Waals surface area (Å²) in [5, 5.41) is 7.30. The number of aryl methyl sites for hydroxylation is 2. The number of anilines is 1.